The summed E-state index contributed by atoms with van der Waals surface area (Å²) in [6.07, 6.45) is 0.164. The Labute approximate surface area is 170 Å². The molecule has 1 aromatic carbocycles. The third kappa shape index (κ3) is 4.79. The van der Waals surface area contributed by atoms with E-state index in [2.05, 4.69) is 14.7 Å². The molecule has 0 saturated carbocycles. The van der Waals surface area contributed by atoms with Gasteiger partial charge in [-0.1, -0.05) is 20.3 Å². The van der Waals surface area contributed by atoms with Gasteiger partial charge in [0.05, 0.1) is 22.4 Å². The lowest BCUT2D eigenvalue weighted by molar-refractivity contribution is -0.274. The zero-order valence-corrected chi connectivity index (χ0v) is 16.8. The Morgan fingerprint density at radius 2 is 1.93 bits per heavy atom. The van der Waals surface area contributed by atoms with Crippen molar-refractivity contribution < 1.29 is 27.8 Å². The molecule has 3 rings (SSSR count). The fourth-order valence-electron chi connectivity index (χ4n) is 3.03. The van der Waals surface area contributed by atoms with Crippen molar-refractivity contribution in [2.45, 2.75) is 45.1 Å². The minimum atomic E-state index is -4.77. The number of pyridine rings is 1. The topological polar surface area (TPSA) is 64.5 Å². The lowest BCUT2D eigenvalue weighted by Crippen LogP contribution is -2.28. The Balaban J connectivity index is 2.06. The summed E-state index contributed by atoms with van der Waals surface area (Å²) < 4.78 is 47.8. The second-order valence-electron chi connectivity index (χ2n) is 6.53. The van der Waals surface area contributed by atoms with Crippen molar-refractivity contribution in [1.29, 1.82) is 0 Å². The van der Waals surface area contributed by atoms with Gasteiger partial charge in [-0.05, 0) is 37.1 Å². The number of fused-ring (bicyclic) bond motifs is 1. The predicted octanol–water partition coefficient (Wildman–Crippen LogP) is 5.41. The first kappa shape index (κ1) is 21.3. The first-order valence-electron chi connectivity index (χ1n) is 9.23. The molecule has 5 nitrogen and oxygen atoms in total. The summed E-state index contributed by atoms with van der Waals surface area (Å²) in [6.45, 7) is 4.39. The van der Waals surface area contributed by atoms with Crippen molar-refractivity contribution in [1.82, 2.24) is 9.97 Å². The van der Waals surface area contributed by atoms with E-state index < -0.39 is 12.0 Å². The number of hydrogen-bond donors (Lipinski definition) is 1. The molecule has 0 bridgehead atoms. The Morgan fingerprint density at radius 3 is 2.62 bits per heavy atom. The molecule has 0 aliphatic carbocycles. The van der Waals surface area contributed by atoms with E-state index in [1.807, 2.05) is 13.8 Å². The molecule has 0 aliphatic heterocycles. The lowest BCUT2D eigenvalue weighted by atomic mass is 9.90. The van der Waals surface area contributed by atoms with Crippen LogP contribution in [0.2, 0.25) is 0 Å². The maximum atomic E-state index is 12.5. The molecule has 3 aromatic rings. The van der Waals surface area contributed by atoms with E-state index in [9.17, 15) is 18.3 Å². The zero-order chi connectivity index (χ0) is 21.1. The van der Waals surface area contributed by atoms with Gasteiger partial charge in [-0.15, -0.1) is 24.5 Å². The molecule has 1 N–H and O–H groups in total. The molecule has 156 valence electrons. The number of thiazole rings is 1. The number of halogens is 3. The number of aromatic nitrogens is 2. The molecule has 0 spiro atoms. The summed E-state index contributed by atoms with van der Waals surface area (Å²) in [5.41, 5.74) is -0.504. The molecule has 9 heteroatoms. The van der Waals surface area contributed by atoms with E-state index in [1.54, 1.807) is 18.5 Å². The summed E-state index contributed by atoms with van der Waals surface area (Å²) in [4.78, 5) is 8.61. The summed E-state index contributed by atoms with van der Waals surface area (Å²) in [6, 6.07) is 5.61. The van der Waals surface area contributed by atoms with Crippen LogP contribution in [-0.2, 0) is 5.60 Å². The van der Waals surface area contributed by atoms with Crippen molar-refractivity contribution in [2.75, 3.05) is 6.61 Å². The molecule has 0 aliphatic rings. The minimum absolute atomic E-state index is 0.326. The average molecular weight is 426 g/mol. The van der Waals surface area contributed by atoms with Crippen LogP contribution in [0.1, 0.15) is 43.7 Å². The number of benzene rings is 1. The van der Waals surface area contributed by atoms with Crippen LogP contribution in [0, 0.1) is 0 Å². The Bertz CT molecular complexity index is 977. The number of rotatable bonds is 8. The van der Waals surface area contributed by atoms with Crippen molar-refractivity contribution in [3.63, 3.8) is 0 Å². The molecule has 0 saturated heterocycles. The monoisotopic (exact) mass is 426 g/mol. The van der Waals surface area contributed by atoms with E-state index in [0.717, 1.165) is 17.8 Å². The first-order valence-corrected chi connectivity index (χ1v) is 10.0. The van der Waals surface area contributed by atoms with Crippen molar-refractivity contribution in [3.05, 3.63) is 47.2 Å². The highest BCUT2D eigenvalue weighted by molar-refractivity contribution is 7.18. The highest BCUT2D eigenvalue weighted by Crippen LogP contribution is 2.42. The second kappa shape index (κ2) is 8.54. The van der Waals surface area contributed by atoms with Gasteiger partial charge in [0.15, 0.2) is 0 Å². The number of hydrogen-bond acceptors (Lipinski definition) is 6. The van der Waals surface area contributed by atoms with Crippen LogP contribution in [0.25, 0.3) is 10.2 Å². The smallest absolute Gasteiger partial charge is 0.493 e. The van der Waals surface area contributed by atoms with Gasteiger partial charge in [0.25, 0.3) is 0 Å². The number of aliphatic hydroxyl groups is 1. The molecule has 1 unspecified atom stereocenters. The van der Waals surface area contributed by atoms with Crippen molar-refractivity contribution in [3.8, 4) is 11.5 Å². The van der Waals surface area contributed by atoms with Crippen LogP contribution in [0.4, 0.5) is 13.2 Å². The van der Waals surface area contributed by atoms with Crippen LogP contribution in [0.15, 0.2) is 36.7 Å². The van der Waals surface area contributed by atoms with Gasteiger partial charge < -0.3 is 14.6 Å². The average Bonchev–Trinajstić information content (AvgIpc) is 3.09. The molecule has 0 radical (unpaired) electrons. The van der Waals surface area contributed by atoms with E-state index in [1.165, 1.54) is 18.2 Å². The fraction of sp³-hybridized carbons (Fsp3) is 0.400. The van der Waals surface area contributed by atoms with E-state index in [4.69, 9.17) is 4.74 Å². The van der Waals surface area contributed by atoms with E-state index in [0.29, 0.717) is 46.0 Å². The molecule has 2 heterocycles. The molecule has 29 heavy (non-hydrogen) atoms. The van der Waals surface area contributed by atoms with Gasteiger partial charge in [0.2, 0.25) is 0 Å². The molecular weight excluding hydrogens is 405 g/mol. The first-order chi connectivity index (χ1) is 13.8. The van der Waals surface area contributed by atoms with E-state index in [-0.39, 0.29) is 5.75 Å². The minimum Gasteiger partial charge on any atom is -0.493 e. The maximum absolute atomic E-state index is 12.5. The summed E-state index contributed by atoms with van der Waals surface area (Å²) >= 11 is 1.12. The van der Waals surface area contributed by atoms with Crippen molar-refractivity contribution >= 4 is 21.6 Å². The van der Waals surface area contributed by atoms with Gasteiger partial charge in [-0.2, -0.15) is 0 Å². The Kier molecular flexibility index (Phi) is 6.28. The summed E-state index contributed by atoms with van der Waals surface area (Å²) in [5.74, 6) is 0.186. The van der Waals surface area contributed by atoms with Gasteiger partial charge in [-0.25, -0.2) is 4.98 Å². The second-order valence-corrected chi connectivity index (χ2v) is 7.56. The van der Waals surface area contributed by atoms with Crippen molar-refractivity contribution in [2.24, 2.45) is 0 Å². The van der Waals surface area contributed by atoms with Crippen LogP contribution in [-0.4, -0.2) is 28.0 Å². The third-order valence-corrected chi connectivity index (χ3v) is 5.42. The molecule has 1 atom stereocenters. The summed E-state index contributed by atoms with van der Waals surface area (Å²) in [5, 5.41) is 12.0. The van der Waals surface area contributed by atoms with Crippen LogP contribution in [0.5, 0.6) is 11.5 Å². The van der Waals surface area contributed by atoms with Crippen LogP contribution in [0.3, 0.4) is 0 Å². The molecule has 0 amide bonds. The standard InChI is InChI=1S/C20H21F3N2O3S/c1-3-8-19(26,14-12-24-9-7-16(14)27-10-4-2)18-25-15-6-5-13(11-17(15)29-18)28-20(21,22)23/h5-7,9,11-12,26H,3-4,8,10H2,1-2H3. The quantitative estimate of drug-likeness (QED) is 0.521. The highest BCUT2D eigenvalue weighted by atomic mass is 32.1. The number of ether oxygens (including phenoxy) is 2. The highest BCUT2D eigenvalue weighted by Gasteiger charge is 2.37. The van der Waals surface area contributed by atoms with E-state index >= 15 is 0 Å². The van der Waals surface area contributed by atoms with Gasteiger partial charge in [0, 0.05) is 12.4 Å². The Hall–Kier alpha value is -2.39. The maximum Gasteiger partial charge on any atom is 0.573 e. The normalized spacial score (nSPS) is 14.0. The third-order valence-electron chi connectivity index (χ3n) is 4.25. The lowest BCUT2D eigenvalue weighted by Gasteiger charge is -2.27. The summed E-state index contributed by atoms with van der Waals surface area (Å²) in [7, 11) is 0. The van der Waals surface area contributed by atoms with Crippen LogP contribution >= 0.6 is 11.3 Å². The number of nitrogens with zero attached hydrogens (tertiary/aromatic N) is 2. The van der Waals surface area contributed by atoms with Crippen LogP contribution < -0.4 is 9.47 Å². The largest absolute Gasteiger partial charge is 0.573 e. The molecule has 0 fully saturated rings. The fourth-order valence-corrected chi connectivity index (χ4v) is 4.15. The zero-order valence-electron chi connectivity index (χ0n) is 16.0. The SMILES string of the molecule is CCCOc1ccncc1C(O)(CCC)c1nc2ccc(OC(F)(F)F)cc2s1. The Morgan fingerprint density at radius 1 is 1.14 bits per heavy atom. The van der Waals surface area contributed by atoms with Gasteiger partial charge >= 0.3 is 6.36 Å². The van der Waals surface area contributed by atoms with Gasteiger partial charge in [-0.3, -0.25) is 4.98 Å². The molecular formula is C20H21F3N2O3S. The molecule has 2 aromatic heterocycles. The number of alkyl halides is 3. The van der Waals surface area contributed by atoms with Gasteiger partial charge in [0.1, 0.15) is 22.1 Å². The predicted molar refractivity (Wildman–Crippen MR) is 104 cm³/mol.